The summed E-state index contributed by atoms with van der Waals surface area (Å²) in [4.78, 5) is 2.26. The highest BCUT2D eigenvalue weighted by Gasteiger charge is 2.31. The Hall–Kier alpha value is -2.56. The molecule has 0 unspecified atom stereocenters. The van der Waals surface area contributed by atoms with E-state index in [0.29, 0.717) is 5.56 Å². The third-order valence-corrected chi connectivity index (χ3v) is 4.28. The Balaban J connectivity index is 1.93. The molecule has 0 aromatic heterocycles. The van der Waals surface area contributed by atoms with Crippen LogP contribution in [0.4, 0.5) is 13.2 Å². The first kappa shape index (κ1) is 18.2. The summed E-state index contributed by atoms with van der Waals surface area (Å²) in [6.07, 6.45) is -4.71. The molecule has 1 atom stereocenters. The van der Waals surface area contributed by atoms with Crippen molar-refractivity contribution in [3.8, 4) is 11.8 Å². The Morgan fingerprint density at radius 1 is 1.04 bits per heavy atom. The fourth-order valence-corrected chi connectivity index (χ4v) is 3.18. The summed E-state index contributed by atoms with van der Waals surface area (Å²) in [5.74, 6) is -0.244. The van der Waals surface area contributed by atoms with Crippen LogP contribution in [-0.2, 0) is 0 Å². The molecule has 7 heteroatoms. The average Bonchev–Trinajstić information content (AvgIpc) is 2.63. The molecule has 2 aromatic carbocycles. The van der Waals surface area contributed by atoms with Gasteiger partial charge in [0.25, 0.3) is 0 Å². The monoisotopic (exact) mass is 361 g/mol. The number of hydrogen-bond acceptors (Lipinski definition) is 4. The molecule has 1 heterocycles. The minimum atomic E-state index is -4.71. The van der Waals surface area contributed by atoms with Crippen LogP contribution in [0.5, 0.6) is 5.75 Å². The van der Waals surface area contributed by atoms with Crippen molar-refractivity contribution < 1.29 is 17.9 Å². The molecule has 0 bridgehead atoms. The van der Waals surface area contributed by atoms with Gasteiger partial charge in [-0.05, 0) is 35.4 Å². The topological polar surface area (TPSA) is 48.3 Å². The van der Waals surface area contributed by atoms with E-state index in [0.717, 1.165) is 37.3 Å². The lowest BCUT2D eigenvalue weighted by Crippen LogP contribution is -2.45. The normalized spacial score (nSPS) is 16.7. The Labute approximate surface area is 149 Å². The summed E-state index contributed by atoms with van der Waals surface area (Å²) >= 11 is 0. The van der Waals surface area contributed by atoms with Crippen LogP contribution in [-0.4, -0.2) is 37.4 Å². The zero-order valence-electron chi connectivity index (χ0n) is 14.0. The Morgan fingerprint density at radius 3 is 2.35 bits per heavy atom. The van der Waals surface area contributed by atoms with E-state index in [1.54, 1.807) is 18.2 Å². The molecule has 0 spiro atoms. The molecule has 1 aliphatic heterocycles. The highest BCUT2D eigenvalue weighted by atomic mass is 19.4. The van der Waals surface area contributed by atoms with Gasteiger partial charge in [-0.25, -0.2) is 0 Å². The van der Waals surface area contributed by atoms with E-state index >= 15 is 0 Å². The number of nitriles is 1. The van der Waals surface area contributed by atoms with Crippen LogP contribution in [0.15, 0.2) is 48.5 Å². The van der Waals surface area contributed by atoms with Gasteiger partial charge in [-0.2, -0.15) is 5.26 Å². The molecule has 1 N–H and O–H groups in total. The molecule has 2 aromatic rings. The Morgan fingerprint density at radius 2 is 1.73 bits per heavy atom. The minimum Gasteiger partial charge on any atom is -0.406 e. The van der Waals surface area contributed by atoms with Gasteiger partial charge in [-0.15, -0.1) is 13.2 Å². The summed E-state index contributed by atoms with van der Waals surface area (Å²) < 4.78 is 41.1. The van der Waals surface area contributed by atoms with Gasteiger partial charge in [0.1, 0.15) is 5.75 Å². The van der Waals surface area contributed by atoms with Gasteiger partial charge in [0.15, 0.2) is 0 Å². The summed E-state index contributed by atoms with van der Waals surface area (Å²) in [6, 6.07) is 15.3. The maximum absolute atomic E-state index is 12.4. The minimum absolute atomic E-state index is 0.134. The van der Waals surface area contributed by atoms with E-state index in [-0.39, 0.29) is 11.8 Å². The standard InChI is InChI=1S/C19H18F3N3O/c20-19(21,22)26-17-6-4-15(5-7-17)18(25-10-8-24-9-11-25)16-3-1-2-14(12-16)13-23/h1-7,12,18,24H,8-11H2/t18-/m0/s1. The van der Waals surface area contributed by atoms with E-state index in [1.165, 1.54) is 12.1 Å². The van der Waals surface area contributed by atoms with Crippen molar-refractivity contribution in [1.82, 2.24) is 10.2 Å². The van der Waals surface area contributed by atoms with Crippen LogP contribution in [0.25, 0.3) is 0 Å². The molecule has 26 heavy (non-hydrogen) atoms. The third-order valence-electron chi connectivity index (χ3n) is 4.28. The average molecular weight is 361 g/mol. The van der Waals surface area contributed by atoms with Crippen molar-refractivity contribution in [3.63, 3.8) is 0 Å². The maximum atomic E-state index is 12.4. The van der Waals surface area contributed by atoms with E-state index in [2.05, 4.69) is 21.0 Å². The van der Waals surface area contributed by atoms with Crippen molar-refractivity contribution >= 4 is 0 Å². The van der Waals surface area contributed by atoms with Crippen molar-refractivity contribution in [2.45, 2.75) is 12.4 Å². The van der Waals surface area contributed by atoms with E-state index in [4.69, 9.17) is 0 Å². The first-order chi connectivity index (χ1) is 12.5. The molecule has 0 saturated carbocycles. The number of hydrogen-bond donors (Lipinski definition) is 1. The number of halogens is 3. The number of alkyl halides is 3. The molecule has 3 rings (SSSR count). The number of ether oxygens (including phenoxy) is 1. The fourth-order valence-electron chi connectivity index (χ4n) is 3.18. The molecular weight excluding hydrogens is 343 g/mol. The SMILES string of the molecule is N#Cc1cccc([C@H](c2ccc(OC(F)(F)F)cc2)N2CCNCC2)c1. The van der Waals surface area contributed by atoms with Gasteiger partial charge in [0.2, 0.25) is 0 Å². The molecule has 4 nitrogen and oxygen atoms in total. The molecule has 136 valence electrons. The Bertz CT molecular complexity index is 778. The van der Waals surface area contributed by atoms with Gasteiger partial charge < -0.3 is 10.1 Å². The third kappa shape index (κ3) is 4.54. The number of benzene rings is 2. The lowest BCUT2D eigenvalue weighted by Gasteiger charge is -2.35. The molecule has 0 aliphatic carbocycles. The number of nitrogens with one attached hydrogen (secondary N) is 1. The van der Waals surface area contributed by atoms with E-state index < -0.39 is 6.36 Å². The first-order valence-corrected chi connectivity index (χ1v) is 8.27. The van der Waals surface area contributed by atoms with Crippen molar-refractivity contribution in [2.24, 2.45) is 0 Å². The lowest BCUT2D eigenvalue weighted by atomic mass is 9.95. The zero-order chi connectivity index (χ0) is 18.6. The second-order valence-electron chi connectivity index (χ2n) is 6.04. The number of rotatable bonds is 4. The lowest BCUT2D eigenvalue weighted by molar-refractivity contribution is -0.274. The largest absolute Gasteiger partial charge is 0.573 e. The van der Waals surface area contributed by atoms with Gasteiger partial charge >= 0.3 is 6.36 Å². The second-order valence-corrected chi connectivity index (χ2v) is 6.04. The highest BCUT2D eigenvalue weighted by Crippen LogP contribution is 2.31. The van der Waals surface area contributed by atoms with Gasteiger partial charge in [-0.3, -0.25) is 4.90 Å². The van der Waals surface area contributed by atoms with Gasteiger partial charge in [0.05, 0.1) is 17.7 Å². The van der Waals surface area contributed by atoms with Gasteiger partial charge in [0, 0.05) is 26.2 Å². The molecule has 0 radical (unpaired) electrons. The predicted octanol–water partition coefficient (Wildman–Crippen LogP) is 3.45. The molecule has 1 aliphatic rings. The summed E-state index contributed by atoms with van der Waals surface area (Å²) in [6.45, 7) is 3.29. The van der Waals surface area contributed by atoms with Crippen LogP contribution in [0.3, 0.4) is 0 Å². The highest BCUT2D eigenvalue weighted by molar-refractivity contribution is 5.40. The number of nitrogens with zero attached hydrogens (tertiary/aromatic N) is 2. The predicted molar refractivity (Wildman–Crippen MR) is 90.6 cm³/mol. The van der Waals surface area contributed by atoms with Gasteiger partial charge in [-0.1, -0.05) is 24.3 Å². The number of piperazine rings is 1. The summed E-state index contributed by atoms with van der Waals surface area (Å²) in [7, 11) is 0. The summed E-state index contributed by atoms with van der Waals surface area (Å²) in [5, 5.41) is 12.5. The van der Waals surface area contributed by atoms with Crippen LogP contribution in [0.1, 0.15) is 22.7 Å². The maximum Gasteiger partial charge on any atom is 0.573 e. The van der Waals surface area contributed by atoms with Crippen LogP contribution >= 0.6 is 0 Å². The van der Waals surface area contributed by atoms with E-state index in [9.17, 15) is 18.4 Å². The van der Waals surface area contributed by atoms with Crippen LogP contribution in [0, 0.1) is 11.3 Å². The Kier molecular flexibility index (Phi) is 5.45. The zero-order valence-corrected chi connectivity index (χ0v) is 14.0. The summed E-state index contributed by atoms with van der Waals surface area (Å²) in [5.41, 5.74) is 2.35. The molecule has 1 fully saturated rings. The smallest absolute Gasteiger partial charge is 0.406 e. The molecule has 0 amide bonds. The fraction of sp³-hybridized carbons (Fsp3) is 0.316. The second kappa shape index (κ2) is 7.77. The van der Waals surface area contributed by atoms with Crippen molar-refractivity contribution in [3.05, 3.63) is 65.2 Å². The molecular formula is C19H18F3N3O. The quantitative estimate of drug-likeness (QED) is 0.906. The van der Waals surface area contributed by atoms with Crippen molar-refractivity contribution in [1.29, 1.82) is 5.26 Å². The van der Waals surface area contributed by atoms with Crippen LogP contribution in [0.2, 0.25) is 0 Å². The molecule has 1 saturated heterocycles. The van der Waals surface area contributed by atoms with E-state index in [1.807, 2.05) is 18.2 Å². The van der Waals surface area contributed by atoms with Crippen molar-refractivity contribution in [2.75, 3.05) is 26.2 Å². The van der Waals surface area contributed by atoms with Crippen LogP contribution < -0.4 is 10.1 Å². The first-order valence-electron chi connectivity index (χ1n) is 8.27.